The highest BCUT2D eigenvalue weighted by atomic mass is 16.5. The van der Waals surface area contributed by atoms with Gasteiger partial charge in [-0.3, -0.25) is 4.79 Å². The molecular formula is C20H21NO4. The number of furan rings is 1. The minimum Gasteiger partial charge on any atom is -0.493 e. The summed E-state index contributed by atoms with van der Waals surface area (Å²) in [4.78, 5) is 12.1. The van der Waals surface area contributed by atoms with Crippen LogP contribution in [0.15, 0.2) is 59.0 Å². The van der Waals surface area contributed by atoms with Crippen LogP contribution in [-0.2, 0) is 4.79 Å². The topological polar surface area (TPSA) is 60.7 Å². The molecule has 0 aliphatic heterocycles. The predicted octanol–water partition coefficient (Wildman–Crippen LogP) is 4.09. The van der Waals surface area contributed by atoms with Crippen LogP contribution in [0, 0.1) is 0 Å². The third-order valence-electron chi connectivity index (χ3n) is 3.90. The van der Waals surface area contributed by atoms with Gasteiger partial charge in [-0.15, -0.1) is 0 Å². The number of ether oxygens (including phenoxy) is 2. The predicted molar refractivity (Wildman–Crippen MR) is 95.9 cm³/mol. The normalized spacial score (nSPS) is 11.9. The first kappa shape index (κ1) is 16.9. The number of carbonyl (C=O) groups is 1. The zero-order valence-corrected chi connectivity index (χ0v) is 14.3. The minimum atomic E-state index is -0.203. The van der Waals surface area contributed by atoms with Crippen molar-refractivity contribution >= 4 is 16.9 Å². The summed E-state index contributed by atoms with van der Waals surface area (Å²) in [7, 11) is 1.59. The highest BCUT2D eigenvalue weighted by Crippen LogP contribution is 2.26. The van der Waals surface area contributed by atoms with Crippen LogP contribution >= 0.6 is 0 Å². The number of rotatable bonds is 7. The van der Waals surface area contributed by atoms with Gasteiger partial charge in [0.25, 0.3) is 0 Å². The van der Waals surface area contributed by atoms with E-state index in [9.17, 15) is 4.79 Å². The van der Waals surface area contributed by atoms with Crippen LogP contribution < -0.4 is 14.8 Å². The number of benzene rings is 2. The lowest BCUT2D eigenvalue weighted by molar-refractivity contribution is -0.122. The van der Waals surface area contributed by atoms with Crippen molar-refractivity contribution in [1.29, 1.82) is 0 Å². The maximum atomic E-state index is 12.1. The van der Waals surface area contributed by atoms with E-state index in [1.165, 1.54) is 0 Å². The van der Waals surface area contributed by atoms with Crippen LogP contribution in [0.2, 0.25) is 0 Å². The summed E-state index contributed by atoms with van der Waals surface area (Å²) in [5, 5.41) is 3.95. The van der Waals surface area contributed by atoms with E-state index >= 15 is 0 Å². The van der Waals surface area contributed by atoms with Crippen molar-refractivity contribution in [3.8, 4) is 11.5 Å². The van der Waals surface area contributed by atoms with E-state index in [1.54, 1.807) is 7.11 Å². The summed E-state index contributed by atoms with van der Waals surface area (Å²) in [5.74, 6) is 1.92. The van der Waals surface area contributed by atoms with E-state index in [-0.39, 0.29) is 25.0 Å². The Morgan fingerprint density at radius 3 is 2.60 bits per heavy atom. The molecule has 2 aromatic carbocycles. The van der Waals surface area contributed by atoms with Gasteiger partial charge in [-0.2, -0.15) is 0 Å². The Kier molecular flexibility index (Phi) is 5.23. The van der Waals surface area contributed by atoms with Gasteiger partial charge in [0.1, 0.15) is 11.3 Å². The van der Waals surface area contributed by atoms with Crippen LogP contribution in [0.1, 0.15) is 25.1 Å². The van der Waals surface area contributed by atoms with Gasteiger partial charge in [-0.1, -0.05) is 30.3 Å². The Morgan fingerprint density at radius 2 is 1.84 bits per heavy atom. The first-order valence-corrected chi connectivity index (χ1v) is 8.21. The largest absolute Gasteiger partial charge is 0.493 e. The van der Waals surface area contributed by atoms with Crippen LogP contribution in [0.4, 0.5) is 0 Å². The summed E-state index contributed by atoms with van der Waals surface area (Å²) in [6.45, 7) is 2.18. The second-order valence-corrected chi connectivity index (χ2v) is 5.73. The molecule has 0 saturated carbocycles. The molecule has 130 valence electrons. The molecule has 3 rings (SSSR count). The summed E-state index contributed by atoms with van der Waals surface area (Å²) in [6.07, 6.45) is 0.253. The van der Waals surface area contributed by atoms with Crippen molar-refractivity contribution in [2.75, 3.05) is 13.7 Å². The van der Waals surface area contributed by atoms with Crippen molar-refractivity contribution in [2.24, 2.45) is 0 Å². The first-order chi connectivity index (χ1) is 12.2. The number of hydrogen-bond donors (Lipinski definition) is 1. The highest BCUT2D eigenvalue weighted by Gasteiger charge is 2.14. The lowest BCUT2D eigenvalue weighted by atomic mass is 10.2. The molecule has 0 fully saturated rings. The minimum absolute atomic E-state index is 0.0946. The van der Waals surface area contributed by atoms with Gasteiger partial charge in [0.2, 0.25) is 5.91 Å². The third-order valence-corrected chi connectivity index (χ3v) is 3.90. The van der Waals surface area contributed by atoms with Crippen molar-refractivity contribution in [3.63, 3.8) is 0 Å². The number of hydrogen-bond acceptors (Lipinski definition) is 4. The second kappa shape index (κ2) is 7.75. The van der Waals surface area contributed by atoms with Gasteiger partial charge in [-0.05, 0) is 31.2 Å². The quantitative estimate of drug-likeness (QED) is 0.704. The molecule has 1 N–H and O–H groups in total. The van der Waals surface area contributed by atoms with E-state index in [4.69, 9.17) is 13.9 Å². The van der Waals surface area contributed by atoms with E-state index in [1.807, 2.05) is 61.5 Å². The molecule has 0 aliphatic carbocycles. The molecule has 1 amide bonds. The van der Waals surface area contributed by atoms with Crippen molar-refractivity contribution in [1.82, 2.24) is 5.32 Å². The zero-order valence-electron chi connectivity index (χ0n) is 14.3. The summed E-state index contributed by atoms with van der Waals surface area (Å²) in [6, 6.07) is 16.9. The maximum absolute atomic E-state index is 12.1. The number of amides is 1. The van der Waals surface area contributed by atoms with E-state index in [0.29, 0.717) is 11.5 Å². The molecule has 1 heterocycles. The molecule has 25 heavy (non-hydrogen) atoms. The van der Waals surface area contributed by atoms with Crippen LogP contribution in [-0.4, -0.2) is 19.6 Å². The van der Waals surface area contributed by atoms with Crippen LogP contribution in [0.25, 0.3) is 11.0 Å². The van der Waals surface area contributed by atoms with Crippen molar-refractivity contribution in [3.05, 3.63) is 60.4 Å². The Labute approximate surface area is 146 Å². The standard InChI is InChI=1S/C20H21NO4/c1-14(19-13-15-7-3-4-8-16(15)25-19)21-20(22)11-12-24-18-10-6-5-9-17(18)23-2/h3-10,13-14H,11-12H2,1-2H3,(H,21,22). The number of carbonyl (C=O) groups excluding carboxylic acids is 1. The lowest BCUT2D eigenvalue weighted by Gasteiger charge is -2.13. The smallest absolute Gasteiger partial charge is 0.224 e. The fourth-order valence-corrected chi connectivity index (χ4v) is 2.59. The first-order valence-electron chi connectivity index (χ1n) is 8.21. The molecule has 5 heteroatoms. The summed E-state index contributed by atoms with van der Waals surface area (Å²) < 4.78 is 16.6. The van der Waals surface area contributed by atoms with Crippen LogP contribution in [0.3, 0.4) is 0 Å². The summed E-state index contributed by atoms with van der Waals surface area (Å²) >= 11 is 0. The molecule has 1 aromatic heterocycles. The molecule has 5 nitrogen and oxygen atoms in total. The van der Waals surface area contributed by atoms with E-state index in [0.717, 1.165) is 16.7 Å². The molecule has 1 unspecified atom stereocenters. The van der Waals surface area contributed by atoms with Gasteiger partial charge >= 0.3 is 0 Å². The zero-order chi connectivity index (χ0) is 17.6. The van der Waals surface area contributed by atoms with Gasteiger partial charge in [0.15, 0.2) is 11.5 Å². The van der Waals surface area contributed by atoms with E-state index < -0.39 is 0 Å². The SMILES string of the molecule is COc1ccccc1OCCC(=O)NC(C)c1cc2ccccc2o1. The molecule has 1 atom stereocenters. The van der Waals surface area contributed by atoms with Crippen LogP contribution in [0.5, 0.6) is 11.5 Å². The third kappa shape index (κ3) is 4.12. The molecular weight excluding hydrogens is 318 g/mol. The Hall–Kier alpha value is -2.95. The van der Waals surface area contributed by atoms with E-state index in [2.05, 4.69) is 5.32 Å². The number of nitrogens with one attached hydrogen (secondary N) is 1. The second-order valence-electron chi connectivity index (χ2n) is 5.73. The molecule has 0 bridgehead atoms. The molecule has 0 saturated heterocycles. The van der Waals surface area contributed by atoms with Crippen molar-refractivity contribution < 1.29 is 18.7 Å². The van der Waals surface area contributed by atoms with Gasteiger partial charge in [0, 0.05) is 5.39 Å². The maximum Gasteiger partial charge on any atom is 0.224 e. The Balaban J connectivity index is 1.51. The Bertz CT molecular complexity index is 823. The highest BCUT2D eigenvalue weighted by molar-refractivity contribution is 5.79. The Morgan fingerprint density at radius 1 is 1.12 bits per heavy atom. The van der Waals surface area contributed by atoms with Gasteiger partial charge < -0.3 is 19.2 Å². The monoisotopic (exact) mass is 339 g/mol. The molecule has 0 radical (unpaired) electrons. The van der Waals surface area contributed by atoms with Gasteiger partial charge in [0.05, 0.1) is 26.2 Å². The number of para-hydroxylation sites is 3. The molecule has 3 aromatic rings. The lowest BCUT2D eigenvalue weighted by Crippen LogP contribution is -2.27. The number of methoxy groups -OCH3 is 1. The number of fused-ring (bicyclic) bond motifs is 1. The van der Waals surface area contributed by atoms with Crippen molar-refractivity contribution in [2.45, 2.75) is 19.4 Å². The summed E-state index contributed by atoms with van der Waals surface area (Å²) in [5.41, 5.74) is 0.818. The fraction of sp³-hybridized carbons (Fsp3) is 0.250. The fourth-order valence-electron chi connectivity index (χ4n) is 2.59. The molecule has 0 aliphatic rings. The molecule has 0 spiro atoms. The van der Waals surface area contributed by atoms with Gasteiger partial charge in [-0.25, -0.2) is 0 Å². The average molecular weight is 339 g/mol. The average Bonchev–Trinajstić information content (AvgIpc) is 3.06.